The number of benzene rings is 2. The van der Waals surface area contributed by atoms with Crippen LogP contribution in [0.25, 0.3) is 5.76 Å². The van der Waals surface area contributed by atoms with Gasteiger partial charge < -0.3 is 24.2 Å². The predicted octanol–water partition coefficient (Wildman–Crippen LogP) is 3.86. The molecule has 7 nitrogen and oxygen atoms in total. The Labute approximate surface area is 187 Å². The zero-order valence-electron chi connectivity index (χ0n) is 18.5. The number of aliphatic hydroxyl groups excluding tert-OH is 1. The highest BCUT2D eigenvalue weighted by atomic mass is 16.5. The van der Waals surface area contributed by atoms with E-state index in [1.807, 2.05) is 13.0 Å². The van der Waals surface area contributed by atoms with Gasteiger partial charge in [-0.3, -0.25) is 9.59 Å². The third-order valence-corrected chi connectivity index (χ3v) is 5.98. The number of hydrogen-bond donors (Lipinski definition) is 1. The number of carbonyl (C=O) groups is 2. The van der Waals surface area contributed by atoms with Gasteiger partial charge in [-0.1, -0.05) is 19.4 Å². The lowest BCUT2D eigenvalue weighted by molar-refractivity contribution is -0.139. The Balaban J connectivity index is 1.86. The van der Waals surface area contributed by atoms with Gasteiger partial charge in [-0.05, 0) is 47.9 Å². The molecule has 2 aliphatic rings. The highest BCUT2D eigenvalue weighted by Crippen LogP contribution is 2.42. The number of methoxy groups -OCH3 is 2. The van der Waals surface area contributed by atoms with Crippen molar-refractivity contribution in [3.63, 3.8) is 0 Å². The van der Waals surface area contributed by atoms with Crippen LogP contribution in [0.5, 0.6) is 17.2 Å². The second kappa shape index (κ2) is 8.94. The predicted molar refractivity (Wildman–Crippen MR) is 119 cm³/mol. The van der Waals surface area contributed by atoms with Crippen molar-refractivity contribution in [2.45, 2.75) is 32.2 Å². The first-order valence-corrected chi connectivity index (χ1v) is 10.8. The van der Waals surface area contributed by atoms with Gasteiger partial charge in [-0.15, -0.1) is 0 Å². The fraction of sp³-hybridized carbons (Fsp3) is 0.360. The van der Waals surface area contributed by atoms with E-state index in [-0.39, 0.29) is 11.3 Å². The number of ketones is 1. The van der Waals surface area contributed by atoms with Crippen LogP contribution in [-0.4, -0.2) is 49.1 Å². The molecule has 0 bridgehead atoms. The minimum absolute atomic E-state index is 0.0807. The van der Waals surface area contributed by atoms with E-state index in [2.05, 4.69) is 0 Å². The molecule has 0 aliphatic carbocycles. The number of nitrogens with zero attached hydrogens (tertiary/aromatic N) is 1. The van der Waals surface area contributed by atoms with Gasteiger partial charge in [0.1, 0.15) is 11.5 Å². The average molecular weight is 437 g/mol. The van der Waals surface area contributed by atoms with E-state index in [0.717, 1.165) is 30.6 Å². The SMILES string of the molecule is CCCCN1C(=O)C(=O)/C(=C(/O)c2ccc3c(c2)CCO3)C1c1ccc(OC)c(OC)c1. The first-order chi connectivity index (χ1) is 15.5. The minimum Gasteiger partial charge on any atom is -0.507 e. The number of fused-ring (bicyclic) bond motifs is 1. The third kappa shape index (κ3) is 3.68. The smallest absolute Gasteiger partial charge is 0.295 e. The maximum absolute atomic E-state index is 13.1. The van der Waals surface area contributed by atoms with Gasteiger partial charge >= 0.3 is 0 Å². The second-order valence-electron chi connectivity index (χ2n) is 7.88. The largest absolute Gasteiger partial charge is 0.507 e. The number of rotatable bonds is 7. The monoisotopic (exact) mass is 437 g/mol. The fourth-order valence-electron chi connectivity index (χ4n) is 4.30. The van der Waals surface area contributed by atoms with E-state index in [1.165, 1.54) is 12.0 Å². The van der Waals surface area contributed by atoms with Gasteiger partial charge in [0.15, 0.2) is 11.5 Å². The number of Topliss-reactive ketones (excluding diaryl/α,β-unsaturated/α-hetero) is 1. The van der Waals surface area contributed by atoms with Crippen LogP contribution in [0, 0.1) is 0 Å². The molecule has 7 heteroatoms. The average Bonchev–Trinajstić information content (AvgIpc) is 3.39. The zero-order chi connectivity index (χ0) is 22.8. The highest BCUT2D eigenvalue weighted by Gasteiger charge is 2.46. The zero-order valence-corrected chi connectivity index (χ0v) is 18.5. The topological polar surface area (TPSA) is 85.3 Å². The Bertz CT molecular complexity index is 1090. The first-order valence-electron chi connectivity index (χ1n) is 10.8. The number of amides is 1. The van der Waals surface area contributed by atoms with E-state index < -0.39 is 17.7 Å². The normalized spacial score (nSPS) is 19.1. The molecule has 4 rings (SSSR count). The molecule has 168 valence electrons. The van der Waals surface area contributed by atoms with Crippen molar-refractivity contribution in [3.8, 4) is 17.2 Å². The lowest BCUT2D eigenvalue weighted by Crippen LogP contribution is -2.30. The third-order valence-electron chi connectivity index (χ3n) is 5.98. The summed E-state index contributed by atoms with van der Waals surface area (Å²) in [4.78, 5) is 27.6. The molecule has 1 N–H and O–H groups in total. The number of carbonyl (C=O) groups excluding carboxylic acids is 2. The lowest BCUT2D eigenvalue weighted by atomic mass is 9.94. The molecule has 1 saturated heterocycles. The van der Waals surface area contributed by atoms with Gasteiger partial charge in [0, 0.05) is 18.5 Å². The molecular weight excluding hydrogens is 410 g/mol. The van der Waals surface area contributed by atoms with Crippen LogP contribution in [0.2, 0.25) is 0 Å². The Kier molecular flexibility index (Phi) is 6.08. The van der Waals surface area contributed by atoms with Gasteiger partial charge in [-0.2, -0.15) is 0 Å². The molecule has 0 radical (unpaired) electrons. The molecule has 1 amide bonds. The Morgan fingerprint density at radius 1 is 1.12 bits per heavy atom. The van der Waals surface area contributed by atoms with Crippen molar-refractivity contribution in [2.24, 2.45) is 0 Å². The van der Waals surface area contributed by atoms with Crippen molar-refractivity contribution in [1.82, 2.24) is 4.90 Å². The number of likely N-dealkylation sites (tertiary alicyclic amines) is 1. The van der Waals surface area contributed by atoms with Crippen LogP contribution < -0.4 is 14.2 Å². The maximum atomic E-state index is 13.1. The summed E-state index contributed by atoms with van der Waals surface area (Å²) in [5.41, 5.74) is 2.21. The number of unbranched alkanes of at least 4 members (excludes halogenated alkanes) is 1. The van der Waals surface area contributed by atoms with Crippen molar-refractivity contribution >= 4 is 17.4 Å². The molecule has 2 aliphatic heterocycles. The van der Waals surface area contributed by atoms with Crippen LogP contribution in [0.15, 0.2) is 42.0 Å². The molecule has 32 heavy (non-hydrogen) atoms. The standard InChI is InChI=1S/C25H27NO6/c1-4-5-11-26-22(16-6-9-19(30-2)20(14-16)31-3)21(24(28)25(26)29)23(27)17-7-8-18-15(13-17)10-12-32-18/h6-9,13-14,22,27H,4-5,10-12H2,1-3H3/b23-21+. The number of aliphatic hydroxyl groups is 1. The van der Waals surface area contributed by atoms with Crippen molar-refractivity contribution < 1.29 is 28.9 Å². The molecule has 0 spiro atoms. The molecule has 2 heterocycles. The molecule has 1 atom stereocenters. The molecule has 1 unspecified atom stereocenters. The van der Waals surface area contributed by atoms with Crippen LogP contribution in [0.4, 0.5) is 0 Å². The fourth-order valence-corrected chi connectivity index (χ4v) is 4.30. The summed E-state index contributed by atoms with van der Waals surface area (Å²) < 4.78 is 16.3. The van der Waals surface area contributed by atoms with E-state index >= 15 is 0 Å². The lowest BCUT2D eigenvalue weighted by Gasteiger charge is -2.26. The second-order valence-corrected chi connectivity index (χ2v) is 7.88. The summed E-state index contributed by atoms with van der Waals surface area (Å²) in [6.07, 6.45) is 2.35. The Hall–Kier alpha value is -3.48. The first kappa shape index (κ1) is 21.7. The van der Waals surface area contributed by atoms with Gasteiger partial charge in [0.25, 0.3) is 11.7 Å². The van der Waals surface area contributed by atoms with Crippen LogP contribution in [-0.2, 0) is 16.0 Å². The van der Waals surface area contributed by atoms with Crippen molar-refractivity contribution in [3.05, 3.63) is 58.7 Å². The van der Waals surface area contributed by atoms with Gasteiger partial charge in [-0.25, -0.2) is 0 Å². The summed E-state index contributed by atoms with van der Waals surface area (Å²) in [5.74, 6) is 0.332. The number of ether oxygens (including phenoxy) is 3. The molecule has 2 aromatic rings. The number of hydrogen-bond acceptors (Lipinski definition) is 6. The van der Waals surface area contributed by atoms with Gasteiger partial charge in [0.2, 0.25) is 0 Å². The van der Waals surface area contributed by atoms with Crippen LogP contribution in [0.1, 0.15) is 42.5 Å². The summed E-state index contributed by atoms with van der Waals surface area (Å²) >= 11 is 0. The van der Waals surface area contributed by atoms with Crippen molar-refractivity contribution in [2.75, 3.05) is 27.4 Å². The van der Waals surface area contributed by atoms with E-state index in [1.54, 1.807) is 37.4 Å². The van der Waals surface area contributed by atoms with Crippen LogP contribution in [0.3, 0.4) is 0 Å². The summed E-state index contributed by atoms with van der Waals surface area (Å²) in [5, 5.41) is 11.2. The Morgan fingerprint density at radius 3 is 2.62 bits per heavy atom. The molecule has 0 aromatic heterocycles. The van der Waals surface area contributed by atoms with Crippen LogP contribution >= 0.6 is 0 Å². The molecule has 0 saturated carbocycles. The molecule has 1 fully saturated rings. The Morgan fingerprint density at radius 2 is 1.91 bits per heavy atom. The minimum atomic E-state index is -0.717. The highest BCUT2D eigenvalue weighted by molar-refractivity contribution is 6.46. The summed E-state index contributed by atoms with van der Waals surface area (Å²) in [6.45, 7) is 3.02. The van der Waals surface area contributed by atoms with Gasteiger partial charge in [0.05, 0.1) is 32.4 Å². The quantitative estimate of drug-likeness (QED) is 0.402. The summed E-state index contributed by atoms with van der Waals surface area (Å²) in [6, 6.07) is 9.88. The maximum Gasteiger partial charge on any atom is 0.295 e. The van der Waals surface area contributed by atoms with E-state index in [4.69, 9.17) is 14.2 Å². The molecular formula is C25H27NO6. The van der Waals surface area contributed by atoms with Crippen molar-refractivity contribution in [1.29, 1.82) is 0 Å². The van der Waals surface area contributed by atoms with E-state index in [0.29, 0.717) is 35.8 Å². The summed E-state index contributed by atoms with van der Waals surface area (Å²) in [7, 11) is 3.07. The molecule has 2 aromatic carbocycles. The van der Waals surface area contributed by atoms with E-state index in [9.17, 15) is 14.7 Å².